The first-order chi connectivity index (χ1) is 8.26. The van der Waals surface area contributed by atoms with Crippen LogP contribution in [0.5, 0.6) is 0 Å². The van der Waals surface area contributed by atoms with Crippen LogP contribution in [0.4, 0.5) is 5.82 Å². The van der Waals surface area contributed by atoms with E-state index in [0.717, 1.165) is 36.5 Å². The molecule has 1 atom stereocenters. The van der Waals surface area contributed by atoms with Crippen molar-refractivity contribution in [3.05, 3.63) is 23.4 Å². The van der Waals surface area contributed by atoms with Gasteiger partial charge in [-0.25, -0.2) is 4.98 Å². The summed E-state index contributed by atoms with van der Waals surface area (Å²) >= 11 is 0. The van der Waals surface area contributed by atoms with Crippen LogP contribution in [0, 0.1) is 6.92 Å². The van der Waals surface area contributed by atoms with Crippen LogP contribution in [0.2, 0.25) is 0 Å². The molecule has 1 fully saturated rings. The second kappa shape index (κ2) is 5.47. The van der Waals surface area contributed by atoms with E-state index >= 15 is 0 Å². The first-order valence-corrected chi connectivity index (χ1v) is 6.21. The highest BCUT2D eigenvalue weighted by molar-refractivity contribution is 5.43. The molecule has 1 saturated heterocycles. The molecule has 1 aromatic rings. The van der Waals surface area contributed by atoms with Gasteiger partial charge in [-0.2, -0.15) is 0 Å². The quantitative estimate of drug-likeness (QED) is 0.829. The number of aryl methyl sites for hydroxylation is 1. The number of aliphatic hydroxyl groups excluding tert-OH is 2. The highest BCUT2D eigenvalue weighted by atomic mass is 16.3. The maximum Gasteiger partial charge on any atom is 0.129 e. The Kier molecular flexibility index (Phi) is 3.97. The maximum absolute atomic E-state index is 9.38. The highest BCUT2D eigenvalue weighted by Crippen LogP contribution is 2.24. The molecule has 0 aliphatic carbocycles. The van der Waals surface area contributed by atoms with E-state index in [0.29, 0.717) is 0 Å². The third-order valence-corrected chi connectivity index (χ3v) is 3.48. The van der Waals surface area contributed by atoms with Crippen molar-refractivity contribution in [2.45, 2.75) is 38.8 Å². The number of nitrogens with zero attached hydrogens (tertiary/aromatic N) is 2. The van der Waals surface area contributed by atoms with Gasteiger partial charge in [0.25, 0.3) is 0 Å². The van der Waals surface area contributed by atoms with Gasteiger partial charge in [-0.05, 0) is 37.8 Å². The van der Waals surface area contributed by atoms with Crippen LogP contribution < -0.4 is 4.90 Å². The molecule has 1 aliphatic rings. The van der Waals surface area contributed by atoms with Gasteiger partial charge in [0.15, 0.2) is 0 Å². The summed E-state index contributed by atoms with van der Waals surface area (Å²) in [5.41, 5.74) is 1.73. The van der Waals surface area contributed by atoms with Crippen LogP contribution in [0.1, 0.15) is 30.5 Å². The van der Waals surface area contributed by atoms with Crippen molar-refractivity contribution in [1.82, 2.24) is 4.98 Å². The van der Waals surface area contributed by atoms with Gasteiger partial charge in [-0.1, -0.05) is 6.07 Å². The Balaban J connectivity index is 2.23. The Labute approximate surface area is 102 Å². The molecule has 1 unspecified atom stereocenters. The molecule has 4 nitrogen and oxygen atoms in total. The number of anilines is 1. The van der Waals surface area contributed by atoms with Crippen molar-refractivity contribution < 1.29 is 10.2 Å². The van der Waals surface area contributed by atoms with E-state index < -0.39 is 0 Å². The van der Waals surface area contributed by atoms with Crippen molar-refractivity contribution in [2.24, 2.45) is 0 Å². The summed E-state index contributed by atoms with van der Waals surface area (Å²) in [4.78, 5) is 6.70. The minimum atomic E-state index is 0.0303. The lowest BCUT2D eigenvalue weighted by molar-refractivity contribution is 0.239. The Morgan fingerprint density at radius 1 is 1.35 bits per heavy atom. The summed E-state index contributed by atoms with van der Waals surface area (Å²) in [5.74, 6) is 0.915. The molecule has 2 heterocycles. The zero-order valence-corrected chi connectivity index (χ0v) is 10.3. The van der Waals surface area contributed by atoms with E-state index in [2.05, 4.69) is 9.88 Å². The number of hydrogen-bond donors (Lipinski definition) is 2. The van der Waals surface area contributed by atoms with E-state index in [4.69, 9.17) is 5.11 Å². The van der Waals surface area contributed by atoms with E-state index in [1.165, 1.54) is 6.42 Å². The number of aliphatic hydroxyl groups is 2. The van der Waals surface area contributed by atoms with Crippen molar-refractivity contribution >= 4 is 5.82 Å². The molecule has 94 valence electrons. The lowest BCUT2D eigenvalue weighted by Gasteiger charge is -2.35. The smallest absolute Gasteiger partial charge is 0.129 e. The van der Waals surface area contributed by atoms with Gasteiger partial charge in [0.05, 0.1) is 19.3 Å². The van der Waals surface area contributed by atoms with E-state index in [-0.39, 0.29) is 19.3 Å². The molecule has 0 amide bonds. The van der Waals surface area contributed by atoms with Crippen molar-refractivity contribution in [3.8, 4) is 0 Å². The molecule has 0 radical (unpaired) electrons. The van der Waals surface area contributed by atoms with Crippen LogP contribution >= 0.6 is 0 Å². The average Bonchev–Trinajstić information content (AvgIpc) is 2.38. The third-order valence-electron chi connectivity index (χ3n) is 3.48. The van der Waals surface area contributed by atoms with Gasteiger partial charge >= 0.3 is 0 Å². The minimum absolute atomic E-state index is 0.0303. The number of pyridine rings is 1. The van der Waals surface area contributed by atoms with Gasteiger partial charge in [0, 0.05) is 12.2 Å². The summed E-state index contributed by atoms with van der Waals surface area (Å²) < 4.78 is 0. The van der Waals surface area contributed by atoms with Gasteiger partial charge in [0.2, 0.25) is 0 Å². The van der Waals surface area contributed by atoms with E-state index in [1.807, 2.05) is 19.1 Å². The largest absolute Gasteiger partial charge is 0.394 e. The van der Waals surface area contributed by atoms with Gasteiger partial charge in [-0.3, -0.25) is 0 Å². The molecule has 0 spiro atoms. The van der Waals surface area contributed by atoms with Crippen LogP contribution in [0.3, 0.4) is 0 Å². The second-order valence-electron chi connectivity index (χ2n) is 4.60. The zero-order valence-electron chi connectivity index (χ0n) is 10.3. The summed E-state index contributed by atoms with van der Waals surface area (Å²) in [6.07, 6.45) is 3.35. The monoisotopic (exact) mass is 236 g/mol. The Morgan fingerprint density at radius 2 is 2.18 bits per heavy atom. The molecule has 2 rings (SSSR count). The second-order valence-corrected chi connectivity index (χ2v) is 4.60. The number of aromatic nitrogens is 1. The topological polar surface area (TPSA) is 56.6 Å². The predicted octanol–water partition coefficient (Wildman–Crippen LogP) is 1.23. The molecule has 17 heavy (non-hydrogen) atoms. The van der Waals surface area contributed by atoms with Crippen LogP contribution in [0.15, 0.2) is 12.1 Å². The third kappa shape index (κ3) is 2.58. The molecular formula is C13H20N2O2. The van der Waals surface area contributed by atoms with Crippen molar-refractivity contribution in [2.75, 3.05) is 18.1 Å². The summed E-state index contributed by atoms with van der Waals surface area (Å²) in [6.45, 7) is 3.08. The van der Waals surface area contributed by atoms with Gasteiger partial charge in [-0.15, -0.1) is 0 Å². The first kappa shape index (κ1) is 12.3. The van der Waals surface area contributed by atoms with Crippen molar-refractivity contribution in [1.29, 1.82) is 0 Å². The average molecular weight is 236 g/mol. The van der Waals surface area contributed by atoms with E-state index in [9.17, 15) is 5.11 Å². The van der Waals surface area contributed by atoms with Crippen LogP contribution in [0.25, 0.3) is 0 Å². The standard InChI is InChI=1S/C13H20N2O2/c1-10-11(8-16)5-6-13(14-10)15-7-3-2-4-12(15)9-17/h5-6,12,16-17H,2-4,7-9H2,1H3. The van der Waals surface area contributed by atoms with Gasteiger partial charge < -0.3 is 15.1 Å². The fraction of sp³-hybridized carbons (Fsp3) is 0.615. The van der Waals surface area contributed by atoms with Crippen molar-refractivity contribution in [3.63, 3.8) is 0 Å². The molecule has 0 aromatic carbocycles. The summed E-state index contributed by atoms with van der Waals surface area (Å²) in [5, 5.41) is 18.5. The molecule has 0 bridgehead atoms. The zero-order chi connectivity index (χ0) is 12.3. The maximum atomic E-state index is 9.38. The molecule has 1 aliphatic heterocycles. The molecule has 2 N–H and O–H groups in total. The number of hydrogen-bond acceptors (Lipinski definition) is 4. The fourth-order valence-electron chi connectivity index (χ4n) is 2.40. The molecule has 0 saturated carbocycles. The lowest BCUT2D eigenvalue weighted by atomic mass is 10.0. The molecule has 4 heteroatoms. The minimum Gasteiger partial charge on any atom is -0.394 e. The Bertz CT molecular complexity index is 382. The number of piperidine rings is 1. The Morgan fingerprint density at radius 3 is 2.82 bits per heavy atom. The number of rotatable bonds is 3. The summed E-state index contributed by atoms with van der Waals surface area (Å²) in [7, 11) is 0. The van der Waals surface area contributed by atoms with Gasteiger partial charge in [0.1, 0.15) is 5.82 Å². The van der Waals surface area contributed by atoms with E-state index in [1.54, 1.807) is 0 Å². The lowest BCUT2D eigenvalue weighted by Crippen LogP contribution is -2.42. The SMILES string of the molecule is Cc1nc(N2CCCCC2CO)ccc1CO. The normalized spacial score (nSPS) is 20.6. The first-order valence-electron chi connectivity index (χ1n) is 6.21. The fourth-order valence-corrected chi connectivity index (χ4v) is 2.40. The Hall–Kier alpha value is -1.13. The van der Waals surface area contributed by atoms with Crippen LogP contribution in [-0.2, 0) is 6.61 Å². The molecular weight excluding hydrogens is 216 g/mol. The summed E-state index contributed by atoms with van der Waals surface area (Å²) in [6, 6.07) is 4.04. The highest BCUT2D eigenvalue weighted by Gasteiger charge is 2.22. The molecule has 1 aromatic heterocycles. The van der Waals surface area contributed by atoms with Crippen LogP contribution in [-0.4, -0.2) is 34.4 Å². The predicted molar refractivity (Wildman–Crippen MR) is 67.0 cm³/mol.